The summed E-state index contributed by atoms with van der Waals surface area (Å²) in [7, 11) is -3.64. The molecule has 0 aliphatic carbocycles. The number of rotatable bonds is 14. The quantitative estimate of drug-likeness (QED) is 0.284. The minimum Gasteiger partial charge on any atom is -0.380 e. The summed E-state index contributed by atoms with van der Waals surface area (Å²) in [5, 5.41) is 0. The van der Waals surface area contributed by atoms with Crippen molar-refractivity contribution in [1.29, 1.82) is 0 Å². The summed E-state index contributed by atoms with van der Waals surface area (Å²) in [4.78, 5) is 0. The van der Waals surface area contributed by atoms with Crippen LogP contribution in [0, 0.1) is 0 Å². The van der Waals surface area contributed by atoms with E-state index < -0.39 is 13.9 Å². The van der Waals surface area contributed by atoms with Crippen molar-refractivity contribution in [2.45, 2.75) is 25.8 Å². The first-order valence-electron chi connectivity index (χ1n) is 6.76. The van der Waals surface area contributed by atoms with Crippen molar-refractivity contribution >= 4 is 7.82 Å². The molecule has 120 valence electrons. The molecule has 8 heteroatoms. The van der Waals surface area contributed by atoms with Gasteiger partial charge in [-0.05, 0) is 6.42 Å². The molecule has 0 amide bonds. The third-order valence-electron chi connectivity index (χ3n) is 2.14. The van der Waals surface area contributed by atoms with E-state index in [-0.39, 0.29) is 26.4 Å². The molecule has 4 N–H and O–H groups in total. The lowest BCUT2D eigenvalue weighted by Gasteiger charge is -2.19. The van der Waals surface area contributed by atoms with Crippen LogP contribution in [0.1, 0.15) is 19.8 Å². The minimum atomic E-state index is -3.64. The Hall–Kier alpha value is -0.270. The first-order valence-corrected chi connectivity index (χ1v) is 8.22. The molecule has 0 aliphatic rings. The maximum atomic E-state index is 12.1. The van der Waals surface area contributed by atoms with Gasteiger partial charge in [0.15, 0.2) is 0 Å². The molecule has 0 aliphatic heterocycles. The van der Waals surface area contributed by atoms with Crippen LogP contribution in [0.25, 0.3) is 0 Å². The second-order valence-corrected chi connectivity index (χ2v) is 5.81. The number of phosphoric acid groups is 1. The maximum Gasteiger partial charge on any atom is 0.475 e. The number of hydrogen-bond donors (Lipinski definition) is 2. The van der Waals surface area contributed by atoms with Crippen molar-refractivity contribution < 1.29 is 22.9 Å². The van der Waals surface area contributed by atoms with Gasteiger partial charge in [-0.25, -0.2) is 4.57 Å². The van der Waals surface area contributed by atoms with Gasteiger partial charge in [-0.2, -0.15) is 0 Å². The predicted octanol–water partition coefficient (Wildman–Crippen LogP) is 1.43. The molecule has 0 radical (unpaired) electrons. The van der Waals surface area contributed by atoms with Crippen LogP contribution in [0.2, 0.25) is 0 Å². The molecular weight excluding hydrogens is 283 g/mol. The fraction of sp³-hybridized carbons (Fsp3) is 0.833. The van der Waals surface area contributed by atoms with E-state index in [0.29, 0.717) is 13.2 Å². The van der Waals surface area contributed by atoms with Crippen molar-refractivity contribution in [2.24, 2.45) is 11.5 Å². The number of nitrogens with two attached hydrogens (primary N) is 2. The summed E-state index contributed by atoms with van der Waals surface area (Å²) in [6.45, 7) is 6.91. The molecular formula is C12H27N2O5P. The number of phosphoric ester groups is 1. The molecule has 0 heterocycles. The molecule has 0 aromatic rings. The Morgan fingerprint density at radius 3 is 2.60 bits per heavy atom. The number of hydrogen-bond acceptors (Lipinski definition) is 7. The van der Waals surface area contributed by atoms with Crippen molar-refractivity contribution in [3.8, 4) is 0 Å². The Balaban J connectivity index is 4.03. The van der Waals surface area contributed by atoms with Crippen LogP contribution < -0.4 is 11.5 Å². The van der Waals surface area contributed by atoms with Gasteiger partial charge in [0, 0.05) is 13.2 Å². The van der Waals surface area contributed by atoms with Crippen molar-refractivity contribution in [3.05, 3.63) is 12.7 Å². The fourth-order valence-corrected chi connectivity index (χ4v) is 2.35. The van der Waals surface area contributed by atoms with Crippen LogP contribution >= 0.6 is 7.82 Å². The standard InChI is InChI=1S/C12H27N2O5P/c1-3-5-8-16-10-12(14)11-19-20(15,17-7-4-2)18-9-6-13/h4,12H,2-3,5-11,13-14H2,1H3. The molecule has 0 spiro atoms. The number of unbranched alkanes of at least 4 members (excludes halogenated alkanes) is 1. The van der Waals surface area contributed by atoms with E-state index in [9.17, 15) is 4.57 Å². The Labute approximate surface area is 121 Å². The largest absolute Gasteiger partial charge is 0.475 e. The summed E-state index contributed by atoms with van der Waals surface area (Å²) in [5.41, 5.74) is 11.1. The molecule has 0 rings (SSSR count). The third-order valence-corrected chi connectivity index (χ3v) is 3.57. The van der Waals surface area contributed by atoms with Gasteiger partial charge in [-0.3, -0.25) is 13.6 Å². The van der Waals surface area contributed by atoms with E-state index >= 15 is 0 Å². The van der Waals surface area contributed by atoms with E-state index in [2.05, 4.69) is 13.5 Å². The highest BCUT2D eigenvalue weighted by atomic mass is 31.2. The van der Waals surface area contributed by atoms with E-state index in [1.807, 2.05) is 0 Å². The van der Waals surface area contributed by atoms with E-state index in [0.717, 1.165) is 12.8 Å². The highest BCUT2D eigenvalue weighted by Gasteiger charge is 2.26. The smallest absolute Gasteiger partial charge is 0.380 e. The molecule has 2 unspecified atom stereocenters. The van der Waals surface area contributed by atoms with Gasteiger partial charge in [-0.1, -0.05) is 19.4 Å². The Morgan fingerprint density at radius 1 is 1.25 bits per heavy atom. The van der Waals surface area contributed by atoms with Crippen LogP contribution in [-0.4, -0.2) is 45.6 Å². The van der Waals surface area contributed by atoms with Crippen molar-refractivity contribution in [3.63, 3.8) is 0 Å². The monoisotopic (exact) mass is 310 g/mol. The lowest BCUT2D eigenvalue weighted by Crippen LogP contribution is -2.31. The van der Waals surface area contributed by atoms with Crippen LogP contribution in [0.4, 0.5) is 0 Å². The van der Waals surface area contributed by atoms with Crippen LogP contribution in [0.5, 0.6) is 0 Å². The van der Waals surface area contributed by atoms with Gasteiger partial charge in [0.05, 0.1) is 32.5 Å². The van der Waals surface area contributed by atoms with E-state index in [4.69, 9.17) is 29.8 Å². The van der Waals surface area contributed by atoms with Crippen LogP contribution in [-0.2, 0) is 22.9 Å². The van der Waals surface area contributed by atoms with Crippen LogP contribution in [0.15, 0.2) is 12.7 Å². The Morgan fingerprint density at radius 2 is 2.00 bits per heavy atom. The molecule has 0 aromatic heterocycles. The first-order chi connectivity index (χ1) is 9.58. The average Bonchev–Trinajstić information content (AvgIpc) is 2.46. The topological polar surface area (TPSA) is 106 Å². The average molecular weight is 310 g/mol. The molecule has 0 aromatic carbocycles. The molecule has 0 saturated heterocycles. The summed E-state index contributed by atoms with van der Waals surface area (Å²) in [6, 6.07) is -0.394. The highest BCUT2D eigenvalue weighted by molar-refractivity contribution is 7.48. The lowest BCUT2D eigenvalue weighted by molar-refractivity contribution is 0.0811. The zero-order valence-corrected chi connectivity index (χ0v) is 13.1. The predicted molar refractivity (Wildman–Crippen MR) is 78.4 cm³/mol. The fourth-order valence-electron chi connectivity index (χ4n) is 1.14. The highest BCUT2D eigenvalue weighted by Crippen LogP contribution is 2.49. The normalized spacial score (nSPS) is 15.8. The molecule has 0 fully saturated rings. The maximum absolute atomic E-state index is 12.1. The first kappa shape index (κ1) is 19.7. The zero-order chi connectivity index (χ0) is 15.3. The SMILES string of the molecule is C=CCOP(=O)(OCCN)OCC(N)COCCCC. The summed E-state index contributed by atoms with van der Waals surface area (Å²) in [6.07, 6.45) is 3.49. The molecule has 7 nitrogen and oxygen atoms in total. The van der Waals surface area contributed by atoms with E-state index in [1.54, 1.807) is 0 Å². The van der Waals surface area contributed by atoms with Gasteiger partial charge >= 0.3 is 7.82 Å². The zero-order valence-electron chi connectivity index (χ0n) is 12.2. The van der Waals surface area contributed by atoms with Gasteiger partial charge in [-0.15, -0.1) is 6.58 Å². The van der Waals surface area contributed by atoms with Crippen molar-refractivity contribution in [2.75, 3.05) is 39.6 Å². The Bertz CT molecular complexity index is 291. The summed E-state index contributed by atoms with van der Waals surface area (Å²) in [5.74, 6) is 0. The second kappa shape index (κ2) is 12.5. The van der Waals surface area contributed by atoms with Gasteiger partial charge in [0.1, 0.15) is 0 Å². The second-order valence-electron chi connectivity index (χ2n) is 4.14. The Kier molecular flexibility index (Phi) is 12.3. The van der Waals surface area contributed by atoms with Gasteiger partial charge in [0.25, 0.3) is 0 Å². The molecule has 20 heavy (non-hydrogen) atoms. The van der Waals surface area contributed by atoms with E-state index in [1.165, 1.54) is 6.08 Å². The number of ether oxygens (including phenoxy) is 1. The molecule has 0 saturated carbocycles. The lowest BCUT2D eigenvalue weighted by atomic mass is 10.3. The summed E-state index contributed by atoms with van der Waals surface area (Å²) >= 11 is 0. The van der Waals surface area contributed by atoms with Gasteiger partial charge in [0.2, 0.25) is 0 Å². The van der Waals surface area contributed by atoms with Crippen LogP contribution in [0.3, 0.4) is 0 Å². The van der Waals surface area contributed by atoms with Gasteiger partial charge < -0.3 is 16.2 Å². The third kappa shape index (κ3) is 10.5. The summed E-state index contributed by atoms with van der Waals surface area (Å²) < 4.78 is 32.7. The molecule has 2 atom stereocenters. The molecule has 0 bridgehead atoms. The van der Waals surface area contributed by atoms with Crippen molar-refractivity contribution in [1.82, 2.24) is 0 Å². The minimum absolute atomic E-state index is 0.0190.